The van der Waals surface area contributed by atoms with Gasteiger partial charge in [-0.05, 0) is 29.3 Å². The summed E-state index contributed by atoms with van der Waals surface area (Å²) in [4.78, 5) is 4.64. The van der Waals surface area contributed by atoms with E-state index in [1.54, 1.807) is 6.07 Å². The zero-order valence-corrected chi connectivity index (χ0v) is 17.3. The smallest absolute Gasteiger partial charge is 0.0956 e. The topological polar surface area (TPSA) is 43.8 Å². The minimum absolute atomic E-state index is 0.186. The SMILES string of the molecule is NCc1c(-c2ccc(Cl)cc2Cl)ncn1CC(c1ccccc1)c1ccccc1. The summed E-state index contributed by atoms with van der Waals surface area (Å²) in [6.07, 6.45) is 1.85. The van der Waals surface area contributed by atoms with Gasteiger partial charge in [0.15, 0.2) is 0 Å². The van der Waals surface area contributed by atoms with Crippen LogP contribution in [0.4, 0.5) is 0 Å². The predicted octanol–water partition coefficient (Wildman–Crippen LogP) is 6.15. The number of nitrogens with zero attached hydrogens (tertiary/aromatic N) is 2. The summed E-state index contributed by atoms with van der Waals surface area (Å²) in [5.74, 6) is 0.186. The van der Waals surface area contributed by atoms with E-state index in [-0.39, 0.29) is 5.92 Å². The molecule has 146 valence electrons. The molecule has 0 radical (unpaired) electrons. The lowest BCUT2D eigenvalue weighted by atomic mass is 9.91. The predicted molar refractivity (Wildman–Crippen MR) is 120 cm³/mol. The molecule has 0 atom stereocenters. The maximum Gasteiger partial charge on any atom is 0.0956 e. The number of rotatable bonds is 6. The maximum atomic E-state index is 6.43. The van der Waals surface area contributed by atoms with E-state index in [0.717, 1.165) is 23.5 Å². The van der Waals surface area contributed by atoms with Gasteiger partial charge in [0.2, 0.25) is 0 Å². The average Bonchev–Trinajstić information content (AvgIpc) is 3.15. The third kappa shape index (κ3) is 4.23. The number of nitrogens with two attached hydrogens (primary N) is 1. The number of imidazole rings is 1. The highest BCUT2D eigenvalue weighted by Crippen LogP contribution is 2.33. The van der Waals surface area contributed by atoms with Gasteiger partial charge in [0.25, 0.3) is 0 Å². The van der Waals surface area contributed by atoms with Crippen LogP contribution in [-0.4, -0.2) is 9.55 Å². The fourth-order valence-electron chi connectivity index (χ4n) is 3.66. The molecule has 0 saturated carbocycles. The minimum Gasteiger partial charge on any atom is -0.332 e. The van der Waals surface area contributed by atoms with Crippen LogP contribution in [0.3, 0.4) is 0 Å². The van der Waals surface area contributed by atoms with E-state index in [2.05, 4.69) is 58.1 Å². The highest BCUT2D eigenvalue weighted by Gasteiger charge is 2.19. The molecule has 29 heavy (non-hydrogen) atoms. The Morgan fingerprint density at radius 3 is 2.03 bits per heavy atom. The van der Waals surface area contributed by atoms with Crippen molar-refractivity contribution >= 4 is 23.2 Å². The molecule has 3 aromatic carbocycles. The molecule has 1 aromatic heterocycles. The molecule has 0 spiro atoms. The maximum absolute atomic E-state index is 6.43. The van der Waals surface area contributed by atoms with Gasteiger partial charge in [0, 0.05) is 29.6 Å². The third-order valence-electron chi connectivity index (χ3n) is 5.11. The summed E-state index contributed by atoms with van der Waals surface area (Å²) in [7, 11) is 0. The van der Waals surface area contributed by atoms with Gasteiger partial charge >= 0.3 is 0 Å². The van der Waals surface area contributed by atoms with Crippen LogP contribution in [0.2, 0.25) is 10.0 Å². The van der Waals surface area contributed by atoms with Crippen LogP contribution in [0.1, 0.15) is 22.7 Å². The van der Waals surface area contributed by atoms with Crippen LogP contribution in [-0.2, 0) is 13.1 Å². The van der Waals surface area contributed by atoms with Crippen molar-refractivity contribution in [2.75, 3.05) is 0 Å². The molecular weight excluding hydrogens is 401 g/mol. The van der Waals surface area contributed by atoms with Gasteiger partial charge in [-0.1, -0.05) is 83.9 Å². The molecule has 0 bridgehead atoms. The Bertz CT molecular complexity index is 1050. The zero-order valence-electron chi connectivity index (χ0n) is 15.8. The van der Waals surface area contributed by atoms with Crippen LogP contribution < -0.4 is 5.73 Å². The second kappa shape index (κ2) is 8.83. The fourth-order valence-corrected chi connectivity index (χ4v) is 4.15. The lowest BCUT2D eigenvalue weighted by molar-refractivity contribution is 0.601. The van der Waals surface area contributed by atoms with Crippen LogP contribution in [0.25, 0.3) is 11.3 Å². The number of hydrogen-bond donors (Lipinski definition) is 1. The van der Waals surface area contributed by atoms with Crippen LogP contribution in [0.15, 0.2) is 85.2 Å². The number of hydrogen-bond acceptors (Lipinski definition) is 2. The Balaban J connectivity index is 1.75. The quantitative estimate of drug-likeness (QED) is 0.405. The zero-order chi connectivity index (χ0) is 20.2. The lowest BCUT2D eigenvalue weighted by Gasteiger charge is -2.20. The van der Waals surface area contributed by atoms with E-state index in [4.69, 9.17) is 28.9 Å². The molecule has 0 amide bonds. The van der Waals surface area contributed by atoms with Crippen molar-refractivity contribution in [3.05, 3.63) is 112 Å². The highest BCUT2D eigenvalue weighted by molar-refractivity contribution is 6.36. The van der Waals surface area contributed by atoms with Crippen molar-refractivity contribution in [3.8, 4) is 11.3 Å². The second-order valence-electron chi connectivity index (χ2n) is 6.89. The minimum atomic E-state index is 0.186. The van der Waals surface area contributed by atoms with Crippen molar-refractivity contribution in [2.24, 2.45) is 5.73 Å². The summed E-state index contributed by atoms with van der Waals surface area (Å²) in [5.41, 5.74) is 11.2. The Hall–Kier alpha value is -2.59. The number of benzene rings is 3. The Labute approximate surface area is 180 Å². The van der Waals surface area contributed by atoms with Gasteiger partial charge in [0.05, 0.1) is 22.7 Å². The lowest BCUT2D eigenvalue weighted by Crippen LogP contribution is -2.14. The van der Waals surface area contributed by atoms with E-state index in [9.17, 15) is 0 Å². The molecule has 0 aliphatic carbocycles. The van der Waals surface area contributed by atoms with Crippen molar-refractivity contribution < 1.29 is 0 Å². The number of aromatic nitrogens is 2. The standard InChI is InChI=1S/C24H21Cl2N3/c25-19-11-12-20(22(26)13-19)24-23(14-27)29(16-28-24)15-21(17-7-3-1-4-8-17)18-9-5-2-6-10-18/h1-13,16,21H,14-15,27H2. The Morgan fingerprint density at radius 1 is 0.862 bits per heavy atom. The van der Waals surface area contributed by atoms with Crippen LogP contribution in [0, 0.1) is 0 Å². The third-order valence-corrected chi connectivity index (χ3v) is 5.66. The van der Waals surface area contributed by atoms with Crippen molar-refractivity contribution in [1.29, 1.82) is 0 Å². The molecule has 4 rings (SSSR count). The van der Waals surface area contributed by atoms with E-state index in [1.165, 1.54) is 11.1 Å². The molecule has 0 fully saturated rings. The first-order valence-electron chi connectivity index (χ1n) is 9.46. The molecule has 0 aliphatic rings. The first-order chi connectivity index (χ1) is 14.2. The van der Waals surface area contributed by atoms with Gasteiger partial charge in [-0.25, -0.2) is 4.98 Å². The summed E-state index contributed by atoms with van der Waals surface area (Å²) < 4.78 is 2.13. The summed E-state index contributed by atoms with van der Waals surface area (Å²) >= 11 is 12.5. The monoisotopic (exact) mass is 421 g/mol. The molecule has 5 heteroatoms. The number of halogens is 2. The van der Waals surface area contributed by atoms with Gasteiger partial charge in [-0.3, -0.25) is 0 Å². The van der Waals surface area contributed by atoms with Crippen molar-refractivity contribution in [3.63, 3.8) is 0 Å². The molecule has 3 nitrogen and oxygen atoms in total. The summed E-state index contributed by atoms with van der Waals surface area (Å²) in [5, 5.41) is 1.17. The van der Waals surface area contributed by atoms with Gasteiger partial charge in [-0.15, -0.1) is 0 Å². The highest BCUT2D eigenvalue weighted by atomic mass is 35.5. The van der Waals surface area contributed by atoms with Gasteiger partial charge in [-0.2, -0.15) is 0 Å². The molecular formula is C24H21Cl2N3. The van der Waals surface area contributed by atoms with Gasteiger partial charge in [0.1, 0.15) is 0 Å². The molecule has 0 aliphatic heterocycles. The summed E-state index contributed by atoms with van der Waals surface area (Å²) in [6.45, 7) is 1.10. The van der Waals surface area contributed by atoms with E-state index >= 15 is 0 Å². The van der Waals surface area contributed by atoms with Crippen molar-refractivity contribution in [1.82, 2.24) is 9.55 Å². The van der Waals surface area contributed by atoms with E-state index < -0.39 is 0 Å². The molecule has 1 heterocycles. The van der Waals surface area contributed by atoms with Crippen LogP contribution >= 0.6 is 23.2 Å². The molecule has 4 aromatic rings. The normalized spacial score (nSPS) is 11.2. The fraction of sp³-hybridized carbons (Fsp3) is 0.125. The molecule has 0 saturated heterocycles. The molecule has 0 unspecified atom stereocenters. The summed E-state index contributed by atoms with van der Waals surface area (Å²) in [6, 6.07) is 26.4. The Kier molecular flexibility index (Phi) is 6.00. The van der Waals surface area contributed by atoms with Gasteiger partial charge < -0.3 is 10.3 Å². The Morgan fingerprint density at radius 2 is 1.48 bits per heavy atom. The van der Waals surface area contributed by atoms with E-state index in [0.29, 0.717) is 16.6 Å². The first kappa shape index (κ1) is 19.7. The average molecular weight is 422 g/mol. The first-order valence-corrected chi connectivity index (χ1v) is 10.2. The van der Waals surface area contributed by atoms with Crippen LogP contribution in [0.5, 0.6) is 0 Å². The molecule has 2 N–H and O–H groups in total. The second-order valence-corrected chi connectivity index (χ2v) is 7.74. The largest absolute Gasteiger partial charge is 0.332 e. The van der Waals surface area contributed by atoms with Crippen molar-refractivity contribution in [2.45, 2.75) is 19.0 Å². The van der Waals surface area contributed by atoms with E-state index in [1.807, 2.05) is 30.6 Å².